The van der Waals surface area contributed by atoms with Crippen LogP contribution < -0.4 is 0 Å². The molecule has 0 heterocycles. The van der Waals surface area contributed by atoms with Gasteiger partial charge < -0.3 is 6.92 Å². The van der Waals surface area contributed by atoms with Crippen LogP contribution in [0.1, 0.15) is 13.3 Å². The van der Waals surface area contributed by atoms with E-state index in [-0.39, 0.29) is 63.4 Å². The average Bonchev–Trinajstić information content (AvgIpc) is 0.918. The topological polar surface area (TPSA) is 0 Å². The molecule has 0 spiro atoms. The molecule has 0 amide bonds. The summed E-state index contributed by atoms with van der Waals surface area (Å²) >= 11 is 0. The van der Waals surface area contributed by atoms with Crippen LogP contribution in [-0.4, -0.2) is 0 Å². The van der Waals surface area contributed by atoms with Gasteiger partial charge in [0.05, 0.1) is 0 Å². The Morgan fingerprint density at radius 1 is 1.14 bits per heavy atom. The normalized spacial score (nSPS) is 2.57. The molecule has 0 aliphatic carbocycles. The monoisotopic (exact) mass is 241 g/mol. The third kappa shape index (κ3) is 83.5. The SMILES string of the molecule is Cl.Cl.Cl.[CH2-]CC.[Zr]. The van der Waals surface area contributed by atoms with Crippen molar-refractivity contribution in [1.82, 2.24) is 0 Å². The molecule has 0 rings (SSSR count). The third-order valence-electron chi connectivity index (χ3n) is 0. The predicted molar refractivity (Wildman–Crippen MR) is 37.4 cm³/mol. The van der Waals surface area contributed by atoms with E-state index in [1.165, 1.54) is 0 Å². The molecule has 48 valence electrons. The van der Waals surface area contributed by atoms with E-state index in [4.69, 9.17) is 0 Å². The molecule has 0 aromatic rings. The molecule has 4 heteroatoms. The zero-order chi connectivity index (χ0) is 2.71. The van der Waals surface area contributed by atoms with Crippen molar-refractivity contribution in [3.63, 3.8) is 0 Å². The number of rotatable bonds is 0. The number of halogens is 3. The zero-order valence-corrected chi connectivity index (χ0v) is 9.05. The first kappa shape index (κ1) is 37.4. The van der Waals surface area contributed by atoms with E-state index in [1.54, 1.807) is 0 Å². The first-order chi connectivity index (χ1) is 1.41. The second-order valence-electron chi connectivity index (χ2n) is 0.500. The molecule has 0 atom stereocenters. The fraction of sp³-hybridized carbons (Fsp3) is 0.667. The van der Waals surface area contributed by atoms with E-state index < -0.39 is 0 Å². The second-order valence-corrected chi connectivity index (χ2v) is 0.500. The minimum atomic E-state index is 0. The largest absolute Gasteiger partial charge is 0.344 e. The number of hydrogen-bond acceptors (Lipinski definition) is 0. The van der Waals surface area contributed by atoms with E-state index in [0.717, 1.165) is 6.42 Å². The van der Waals surface area contributed by atoms with Crippen LogP contribution in [0.5, 0.6) is 0 Å². The van der Waals surface area contributed by atoms with Crippen molar-refractivity contribution in [3.05, 3.63) is 6.92 Å². The fourth-order valence-corrected chi connectivity index (χ4v) is 0. The Bertz CT molecular complexity index is 10.1. The Balaban J connectivity index is -0.00000000333. The van der Waals surface area contributed by atoms with Gasteiger partial charge in [0, 0.05) is 26.2 Å². The van der Waals surface area contributed by atoms with Gasteiger partial charge in [-0.15, -0.1) is 37.2 Å². The average molecular weight is 244 g/mol. The molecule has 0 saturated carbocycles. The van der Waals surface area contributed by atoms with E-state index in [2.05, 4.69) is 6.92 Å². The molecule has 0 nitrogen and oxygen atoms in total. The molecular formula is C3H10Cl3Zr-. The molecular weight excluding hydrogens is 234 g/mol. The van der Waals surface area contributed by atoms with Gasteiger partial charge in [0.1, 0.15) is 0 Å². The molecule has 0 unspecified atom stereocenters. The molecule has 0 aromatic heterocycles. The van der Waals surface area contributed by atoms with E-state index in [1.807, 2.05) is 6.92 Å². The molecule has 0 N–H and O–H groups in total. The molecule has 0 fully saturated rings. The van der Waals surface area contributed by atoms with Crippen LogP contribution in [0.4, 0.5) is 0 Å². The number of hydrogen-bond donors (Lipinski definition) is 0. The molecule has 0 aliphatic heterocycles. The van der Waals surface area contributed by atoms with E-state index >= 15 is 0 Å². The summed E-state index contributed by atoms with van der Waals surface area (Å²) in [5.74, 6) is 0. The van der Waals surface area contributed by atoms with Crippen molar-refractivity contribution in [3.8, 4) is 0 Å². The summed E-state index contributed by atoms with van der Waals surface area (Å²) in [5, 5.41) is 0. The van der Waals surface area contributed by atoms with Crippen molar-refractivity contribution in [2.75, 3.05) is 0 Å². The van der Waals surface area contributed by atoms with Crippen molar-refractivity contribution in [1.29, 1.82) is 0 Å². The molecule has 0 bridgehead atoms. The molecule has 0 radical (unpaired) electrons. The minimum Gasteiger partial charge on any atom is -0.344 e. The molecule has 0 saturated heterocycles. The summed E-state index contributed by atoms with van der Waals surface area (Å²) in [6.45, 7) is 5.50. The van der Waals surface area contributed by atoms with Crippen molar-refractivity contribution in [2.45, 2.75) is 13.3 Å². The van der Waals surface area contributed by atoms with Crippen LogP contribution in [0.3, 0.4) is 0 Å². The Morgan fingerprint density at radius 2 is 1.14 bits per heavy atom. The van der Waals surface area contributed by atoms with Crippen LogP contribution in [0.2, 0.25) is 0 Å². The first-order valence-electron chi connectivity index (χ1n) is 1.21. The van der Waals surface area contributed by atoms with Gasteiger partial charge in [-0.25, -0.2) is 0 Å². The van der Waals surface area contributed by atoms with Gasteiger partial charge in [-0.2, -0.15) is 6.42 Å². The summed E-state index contributed by atoms with van der Waals surface area (Å²) in [6, 6.07) is 0. The maximum atomic E-state index is 3.49. The van der Waals surface area contributed by atoms with Gasteiger partial charge in [-0.3, -0.25) is 0 Å². The Labute approximate surface area is 83.2 Å². The maximum absolute atomic E-state index is 3.49. The summed E-state index contributed by atoms with van der Waals surface area (Å²) in [6.07, 6.45) is 1.00. The van der Waals surface area contributed by atoms with Crippen LogP contribution in [0.25, 0.3) is 0 Å². The quantitative estimate of drug-likeness (QED) is 0.574. The minimum absolute atomic E-state index is 0. The Hall–Kier alpha value is 1.75. The van der Waals surface area contributed by atoms with Gasteiger partial charge in [0.25, 0.3) is 0 Å². The molecule has 0 aliphatic rings. The summed E-state index contributed by atoms with van der Waals surface area (Å²) in [4.78, 5) is 0. The molecule has 0 aromatic carbocycles. The summed E-state index contributed by atoms with van der Waals surface area (Å²) in [7, 11) is 0. The van der Waals surface area contributed by atoms with Gasteiger partial charge in [-0.1, -0.05) is 6.92 Å². The summed E-state index contributed by atoms with van der Waals surface area (Å²) < 4.78 is 0. The Kier molecular flexibility index (Phi) is 249. The van der Waals surface area contributed by atoms with Crippen LogP contribution in [0.15, 0.2) is 0 Å². The fourth-order valence-electron chi connectivity index (χ4n) is 0. The van der Waals surface area contributed by atoms with Gasteiger partial charge in [-0.05, 0) is 0 Å². The van der Waals surface area contributed by atoms with Crippen molar-refractivity contribution >= 4 is 37.2 Å². The smallest absolute Gasteiger partial charge is 0 e. The standard InChI is InChI=1S/C3H7.3ClH.Zr/c1-3-2;;;;/h1,3H2,2H3;3*1H;/q-1;;;;. The van der Waals surface area contributed by atoms with Gasteiger partial charge in [0.15, 0.2) is 0 Å². The van der Waals surface area contributed by atoms with Crippen LogP contribution in [-0.2, 0) is 26.2 Å². The van der Waals surface area contributed by atoms with Crippen LogP contribution in [0, 0.1) is 6.92 Å². The Morgan fingerprint density at radius 3 is 1.14 bits per heavy atom. The van der Waals surface area contributed by atoms with E-state index in [9.17, 15) is 0 Å². The van der Waals surface area contributed by atoms with E-state index in [0.29, 0.717) is 0 Å². The van der Waals surface area contributed by atoms with Gasteiger partial charge in [0.2, 0.25) is 0 Å². The van der Waals surface area contributed by atoms with Gasteiger partial charge >= 0.3 is 0 Å². The maximum Gasteiger partial charge on any atom is 0 e. The predicted octanol–water partition coefficient (Wildman–Crippen LogP) is 2.49. The summed E-state index contributed by atoms with van der Waals surface area (Å²) in [5.41, 5.74) is 0. The second kappa shape index (κ2) is 46.6. The van der Waals surface area contributed by atoms with Crippen LogP contribution >= 0.6 is 37.2 Å². The van der Waals surface area contributed by atoms with Crippen molar-refractivity contribution < 1.29 is 26.2 Å². The zero-order valence-electron chi connectivity index (χ0n) is 4.14. The molecule has 7 heavy (non-hydrogen) atoms. The van der Waals surface area contributed by atoms with Crippen molar-refractivity contribution in [2.24, 2.45) is 0 Å². The third-order valence-corrected chi connectivity index (χ3v) is 0. The first-order valence-corrected chi connectivity index (χ1v) is 1.21.